The van der Waals surface area contributed by atoms with Crippen LogP contribution >= 0.6 is 11.6 Å². The third kappa shape index (κ3) is 3.08. The summed E-state index contributed by atoms with van der Waals surface area (Å²) < 4.78 is 0. The van der Waals surface area contributed by atoms with Crippen molar-refractivity contribution in [3.8, 4) is 0 Å². The third-order valence-electron chi connectivity index (χ3n) is 3.01. The maximum absolute atomic E-state index is 11.8. The molecule has 6 heteroatoms. The zero-order chi connectivity index (χ0) is 12.4. The smallest absolute Gasteiger partial charge is 0.251 e. The van der Waals surface area contributed by atoms with Crippen molar-refractivity contribution in [2.75, 3.05) is 12.0 Å². The third-order valence-corrected chi connectivity index (χ3v) is 3.20. The number of pyridine rings is 1. The molecule has 92 valence electrons. The molecule has 0 radical (unpaired) electrons. The van der Waals surface area contributed by atoms with Gasteiger partial charge in [-0.25, -0.2) is 10.8 Å². The average Bonchev–Trinajstić information content (AvgIpc) is 3.01. The predicted molar refractivity (Wildman–Crippen MR) is 66.7 cm³/mol. The maximum Gasteiger partial charge on any atom is 0.251 e. The highest BCUT2D eigenvalue weighted by Crippen LogP contribution is 2.36. The molecule has 0 spiro atoms. The van der Waals surface area contributed by atoms with Gasteiger partial charge in [0.15, 0.2) is 0 Å². The Morgan fingerprint density at radius 3 is 2.94 bits per heavy atom. The molecule has 1 aliphatic carbocycles. The van der Waals surface area contributed by atoms with Crippen molar-refractivity contribution >= 4 is 23.3 Å². The van der Waals surface area contributed by atoms with Gasteiger partial charge in [0.05, 0.1) is 0 Å². The highest BCUT2D eigenvalue weighted by atomic mass is 35.5. The van der Waals surface area contributed by atoms with Crippen LogP contribution in [0.5, 0.6) is 0 Å². The van der Waals surface area contributed by atoms with E-state index in [4.69, 9.17) is 17.4 Å². The molecule has 0 aliphatic heterocycles. The minimum Gasteiger partial charge on any atom is -0.352 e. The number of carbonyl (C=O) groups excluding carboxylic acids is 1. The lowest BCUT2D eigenvalue weighted by molar-refractivity contribution is 0.0951. The number of hydrogen-bond acceptors (Lipinski definition) is 4. The Morgan fingerprint density at radius 2 is 2.35 bits per heavy atom. The van der Waals surface area contributed by atoms with Gasteiger partial charge in [-0.15, -0.1) is 0 Å². The molecule has 1 aliphatic rings. The van der Waals surface area contributed by atoms with E-state index in [1.165, 1.54) is 12.5 Å². The largest absolute Gasteiger partial charge is 0.352 e. The van der Waals surface area contributed by atoms with Gasteiger partial charge in [-0.3, -0.25) is 4.79 Å². The summed E-state index contributed by atoms with van der Waals surface area (Å²) in [7, 11) is 0. The van der Waals surface area contributed by atoms with Crippen molar-refractivity contribution in [1.29, 1.82) is 0 Å². The van der Waals surface area contributed by atoms with Crippen molar-refractivity contribution in [3.63, 3.8) is 0 Å². The van der Waals surface area contributed by atoms with E-state index in [2.05, 4.69) is 22.7 Å². The lowest BCUT2D eigenvalue weighted by Crippen LogP contribution is -2.26. The monoisotopic (exact) mass is 254 g/mol. The van der Waals surface area contributed by atoms with Crippen molar-refractivity contribution in [2.45, 2.75) is 13.3 Å². The number of nitrogens with one attached hydrogen (secondary N) is 2. The van der Waals surface area contributed by atoms with Crippen LogP contribution in [0.4, 0.5) is 5.82 Å². The summed E-state index contributed by atoms with van der Waals surface area (Å²) in [5, 5.41) is 3.12. The summed E-state index contributed by atoms with van der Waals surface area (Å²) in [5.74, 6) is 6.80. The summed E-state index contributed by atoms with van der Waals surface area (Å²) in [6, 6.07) is 3.09. The SMILES string of the molecule is CC1CC1CNC(=O)c1cc(Cl)nc(NN)c1. The van der Waals surface area contributed by atoms with Crippen LogP contribution in [0.2, 0.25) is 5.15 Å². The first-order chi connectivity index (χ1) is 8.10. The fraction of sp³-hybridized carbons (Fsp3) is 0.455. The Hall–Kier alpha value is -1.33. The molecular formula is C11H15ClN4O. The normalized spacial score (nSPS) is 22.1. The van der Waals surface area contributed by atoms with E-state index in [9.17, 15) is 4.79 Å². The number of nitrogens with zero attached hydrogens (tertiary/aromatic N) is 1. The van der Waals surface area contributed by atoms with Crippen LogP contribution in [0, 0.1) is 11.8 Å². The number of aromatic nitrogens is 1. The van der Waals surface area contributed by atoms with Crippen LogP contribution in [0.3, 0.4) is 0 Å². The van der Waals surface area contributed by atoms with Crippen molar-refractivity contribution < 1.29 is 4.79 Å². The van der Waals surface area contributed by atoms with Gasteiger partial charge in [-0.1, -0.05) is 18.5 Å². The maximum atomic E-state index is 11.8. The number of hydrazine groups is 1. The zero-order valence-corrected chi connectivity index (χ0v) is 10.3. The Kier molecular flexibility index (Phi) is 3.49. The predicted octanol–water partition coefficient (Wildman–Crippen LogP) is 1.41. The van der Waals surface area contributed by atoms with E-state index in [0.717, 1.165) is 5.92 Å². The van der Waals surface area contributed by atoms with E-state index in [1.54, 1.807) is 6.07 Å². The van der Waals surface area contributed by atoms with Gasteiger partial charge in [0, 0.05) is 12.1 Å². The van der Waals surface area contributed by atoms with Crippen molar-refractivity contribution in [1.82, 2.24) is 10.3 Å². The van der Waals surface area contributed by atoms with Crippen LogP contribution in [0.15, 0.2) is 12.1 Å². The van der Waals surface area contributed by atoms with Gasteiger partial charge in [0.2, 0.25) is 0 Å². The quantitative estimate of drug-likeness (QED) is 0.431. The van der Waals surface area contributed by atoms with Gasteiger partial charge in [0.1, 0.15) is 11.0 Å². The molecule has 5 nitrogen and oxygen atoms in total. The molecule has 0 saturated heterocycles. The summed E-state index contributed by atoms with van der Waals surface area (Å²) in [6.45, 7) is 2.89. The number of rotatable bonds is 4. The molecule has 1 amide bonds. The second-order valence-corrected chi connectivity index (χ2v) is 4.78. The summed E-state index contributed by atoms with van der Waals surface area (Å²) in [6.07, 6.45) is 1.19. The molecule has 0 aromatic carbocycles. The number of hydrogen-bond donors (Lipinski definition) is 3. The second-order valence-electron chi connectivity index (χ2n) is 4.39. The van der Waals surface area contributed by atoms with Crippen molar-refractivity contribution in [2.24, 2.45) is 17.7 Å². The number of amides is 1. The Morgan fingerprint density at radius 1 is 1.65 bits per heavy atom. The Bertz CT molecular complexity index is 437. The fourth-order valence-corrected chi connectivity index (χ4v) is 1.92. The Labute approximate surface area is 105 Å². The number of nitrogen functional groups attached to an aromatic ring is 1. The van der Waals surface area contributed by atoms with E-state index in [1.807, 2.05) is 0 Å². The van der Waals surface area contributed by atoms with E-state index >= 15 is 0 Å². The first-order valence-corrected chi connectivity index (χ1v) is 5.90. The standard InChI is InChI=1S/C11H15ClN4O/c1-6-2-8(6)5-14-11(17)7-3-9(12)15-10(4-7)16-13/h3-4,6,8H,2,5,13H2,1H3,(H,14,17)(H,15,16). The zero-order valence-electron chi connectivity index (χ0n) is 9.53. The molecule has 0 bridgehead atoms. The van der Waals surface area contributed by atoms with Gasteiger partial charge >= 0.3 is 0 Å². The first kappa shape index (κ1) is 12.1. The lowest BCUT2D eigenvalue weighted by Gasteiger charge is -2.06. The topological polar surface area (TPSA) is 80.0 Å². The fourth-order valence-electron chi connectivity index (χ4n) is 1.71. The molecular weight excluding hydrogens is 240 g/mol. The summed E-state index contributed by atoms with van der Waals surface area (Å²) in [5.41, 5.74) is 2.84. The molecule has 1 heterocycles. The summed E-state index contributed by atoms with van der Waals surface area (Å²) >= 11 is 5.78. The molecule has 1 aromatic rings. The minimum absolute atomic E-state index is 0.148. The average molecular weight is 255 g/mol. The lowest BCUT2D eigenvalue weighted by atomic mass is 10.2. The van der Waals surface area contributed by atoms with E-state index in [0.29, 0.717) is 23.8 Å². The molecule has 17 heavy (non-hydrogen) atoms. The molecule has 2 atom stereocenters. The van der Waals surface area contributed by atoms with Gasteiger partial charge in [-0.05, 0) is 30.4 Å². The number of anilines is 1. The highest BCUT2D eigenvalue weighted by Gasteiger charge is 2.32. The van der Waals surface area contributed by atoms with Gasteiger partial charge in [-0.2, -0.15) is 0 Å². The Balaban J connectivity index is 2.00. The van der Waals surface area contributed by atoms with Crippen molar-refractivity contribution in [3.05, 3.63) is 22.8 Å². The minimum atomic E-state index is -0.148. The second kappa shape index (κ2) is 4.89. The van der Waals surface area contributed by atoms with E-state index < -0.39 is 0 Å². The molecule has 1 fully saturated rings. The number of nitrogens with two attached hydrogens (primary N) is 1. The van der Waals surface area contributed by atoms with Crippen LogP contribution in [0.25, 0.3) is 0 Å². The summed E-state index contributed by atoms with van der Waals surface area (Å²) in [4.78, 5) is 15.7. The van der Waals surface area contributed by atoms with E-state index in [-0.39, 0.29) is 11.1 Å². The number of carbonyl (C=O) groups is 1. The van der Waals surface area contributed by atoms with Crippen LogP contribution in [0.1, 0.15) is 23.7 Å². The molecule has 1 saturated carbocycles. The first-order valence-electron chi connectivity index (χ1n) is 5.52. The van der Waals surface area contributed by atoms with Crippen LogP contribution in [-0.4, -0.2) is 17.4 Å². The van der Waals surface area contributed by atoms with Crippen LogP contribution < -0.4 is 16.6 Å². The number of halogens is 1. The molecule has 1 aromatic heterocycles. The van der Waals surface area contributed by atoms with Gasteiger partial charge < -0.3 is 10.7 Å². The molecule has 2 rings (SSSR count). The molecule has 4 N–H and O–H groups in total. The van der Waals surface area contributed by atoms with Gasteiger partial charge in [0.25, 0.3) is 5.91 Å². The molecule has 2 unspecified atom stereocenters. The van der Waals surface area contributed by atoms with Crippen LogP contribution in [-0.2, 0) is 0 Å². The highest BCUT2D eigenvalue weighted by molar-refractivity contribution is 6.29.